The minimum Gasteiger partial charge on any atom is -0.455 e. The van der Waals surface area contributed by atoms with Crippen LogP contribution in [-0.4, -0.2) is 37.7 Å². The molecule has 10 heteroatoms. The Morgan fingerprint density at radius 1 is 1.17 bits per heavy atom. The largest absolute Gasteiger partial charge is 0.455 e. The Hall–Kier alpha value is -3.66. The second kappa shape index (κ2) is 9.77. The van der Waals surface area contributed by atoms with Gasteiger partial charge in [0.1, 0.15) is 28.9 Å². The van der Waals surface area contributed by atoms with E-state index in [1.165, 1.54) is 20.2 Å². The van der Waals surface area contributed by atoms with Gasteiger partial charge in [0.25, 0.3) is 5.91 Å². The molecule has 3 heterocycles. The molecule has 3 N–H and O–H groups in total. The molecule has 2 aromatic carbocycles. The topological polar surface area (TPSA) is 101 Å². The standard InChI is InChI=1S/C26H24ClN5O3S/c1-26(2,34)25(33)28-10-12-32-11-8-19-23(32)24(30-15-29-19)31-16-6-7-21(18(27)14-16)35-20-4-3-5-22-17(20)9-13-36-22/h3-9,11,13-15,34H,10,12H2,1-2H3,(H,28,33)(H,29,30,31). The number of rotatable bonds is 8. The number of aromatic nitrogens is 3. The first kappa shape index (κ1) is 24.1. The second-order valence-electron chi connectivity index (χ2n) is 8.74. The van der Waals surface area contributed by atoms with E-state index in [2.05, 4.69) is 26.7 Å². The van der Waals surface area contributed by atoms with E-state index in [1.807, 2.05) is 52.5 Å². The van der Waals surface area contributed by atoms with E-state index in [0.29, 0.717) is 29.7 Å². The van der Waals surface area contributed by atoms with Gasteiger partial charge in [0.05, 0.1) is 10.5 Å². The van der Waals surface area contributed by atoms with Crippen molar-refractivity contribution < 1.29 is 14.6 Å². The van der Waals surface area contributed by atoms with Gasteiger partial charge in [-0.25, -0.2) is 9.97 Å². The van der Waals surface area contributed by atoms with Crippen molar-refractivity contribution in [3.8, 4) is 11.5 Å². The summed E-state index contributed by atoms with van der Waals surface area (Å²) in [4.78, 5) is 20.7. The smallest absolute Gasteiger partial charge is 0.251 e. The molecule has 0 fully saturated rings. The number of fused-ring (bicyclic) bond motifs is 2. The molecular formula is C26H24ClN5O3S. The van der Waals surface area contributed by atoms with Gasteiger partial charge in [-0.15, -0.1) is 11.3 Å². The van der Waals surface area contributed by atoms with E-state index in [4.69, 9.17) is 16.3 Å². The molecule has 1 amide bonds. The first-order chi connectivity index (χ1) is 17.3. The van der Waals surface area contributed by atoms with Crippen LogP contribution in [0.2, 0.25) is 5.02 Å². The third-order valence-electron chi connectivity index (χ3n) is 5.61. The number of anilines is 2. The van der Waals surface area contributed by atoms with Crippen molar-refractivity contribution >= 4 is 61.5 Å². The molecule has 0 aliphatic heterocycles. The Kier molecular flexibility index (Phi) is 6.53. The number of nitrogens with zero attached hydrogens (tertiary/aromatic N) is 3. The molecule has 36 heavy (non-hydrogen) atoms. The van der Waals surface area contributed by atoms with Crippen molar-refractivity contribution in [2.24, 2.45) is 0 Å². The summed E-state index contributed by atoms with van der Waals surface area (Å²) in [6.07, 6.45) is 3.38. The summed E-state index contributed by atoms with van der Waals surface area (Å²) in [7, 11) is 0. The number of halogens is 1. The van der Waals surface area contributed by atoms with Crippen LogP contribution in [0, 0.1) is 0 Å². The maximum atomic E-state index is 12.0. The second-order valence-corrected chi connectivity index (χ2v) is 10.1. The zero-order valence-corrected chi connectivity index (χ0v) is 21.2. The lowest BCUT2D eigenvalue weighted by atomic mass is 10.1. The molecule has 0 atom stereocenters. The average molecular weight is 522 g/mol. The number of amides is 1. The molecule has 0 radical (unpaired) electrons. The predicted molar refractivity (Wildman–Crippen MR) is 143 cm³/mol. The number of ether oxygens (including phenoxy) is 1. The summed E-state index contributed by atoms with van der Waals surface area (Å²) >= 11 is 8.23. The van der Waals surface area contributed by atoms with Gasteiger partial charge in [0.2, 0.25) is 0 Å². The van der Waals surface area contributed by atoms with Gasteiger partial charge < -0.3 is 25.0 Å². The molecule has 0 unspecified atom stereocenters. The number of thiophene rings is 1. The first-order valence-corrected chi connectivity index (χ1v) is 12.6. The minimum absolute atomic E-state index is 0.343. The minimum atomic E-state index is -1.43. The van der Waals surface area contributed by atoms with E-state index < -0.39 is 11.5 Å². The number of hydrogen-bond donors (Lipinski definition) is 3. The first-order valence-electron chi connectivity index (χ1n) is 11.3. The summed E-state index contributed by atoms with van der Waals surface area (Å²) in [5.74, 6) is 1.48. The van der Waals surface area contributed by atoms with Gasteiger partial charge >= 0.3 is 0 Å². The van der Waals surface area contributed by atoms with Crippen LogP contribution in [0.5, 0.6) is 11.5 Å². The lowest BCUT2D eigenvalue weighted by Gasteiger charge is -2.17. The zero-order chi connectivity index (χ0) is 25.3. The van der Waals surface area contributed by atoms with Crippen LogP contribution in [-0.2, 0) is 11.3 Å². The molecular weight excluding hydrogens is 498 g/mol. The van der Waals surface area contributed by atoms with Gasteiger partial charge in [0, 0.05) is 35.1 Å². The quantitative estimate of drug-likeness (QED) is 0.241. The highest BCUT2D eigenvalue weighted by molar-refractivity contribution is 7.17. The molecule has 0 saturated heterocycles. The Morgan fingerprint density at radius 3 is 2.83 bits per heavy atom. The summed E-state index contributed by atoms with van der Waals surface area (Å²) in [6.45, 7) is 3.73. The average Bonchev–Trinajstić information content (AvgIpc) is 3.48. The van der Waals surface area contributed by atoms with E-state index in [9.17, 15) is 9.90 Å². The monoisotopic (exact) mass is 521 g/mol. The Bertz CT molecular complexity index is 1560. The van der Waals surface area contributed by atoms with Gasteiger partial charge in [-0.2, -0.15) is 0 Å². The molecule has 5 rings (SSSR count). The zero-order valence-electron chi connectivity index (χ0n) is 19.7. The molecule has 3 aromatic heterocycles. The van der Waals surface area contributed by atoms with Crippen molar-refractivity contribution in [3.63, 3.8) is 0 Å². The van der Waals surface area contributed by atoms with Gasteiger partial charge in [-0.1, -0.05) is 17.7 Å². The van der Waals surface area contributed by atoms with E-state index in [0.717, 1.165) is 32.6 Å². The van der Waals surface area contributed by atoms with Crippen molar-refractivity contribution in [1.29, 1.82) is 0 Å². The SMILES string of the molecule is CC(C)(O)C(=O)NCCn1ccc2ncnc(Nc3ccc(Oc4cccc5sccc45)c(Cl)c3)c21. The van der Waals surface area contributed by atoms with E-state index in [1.54, 1.807) is 17.4 Å². The van der Waals surface area contributed by atoms with E-state index >= 15 is 0 Å². The molecule has 0 spiro atoms. The summed E-state index contributed by atoms with van der Waals surface area (Å²) in [6, 6.07) is 15.3. The van der Waals surface area contributed by atoms with Crippen molar-refractivity contribution in [1.82, 2.24) is 19.9 Å². The van der Waals surface area contributed by atoms with E-state index in [-0.39, 0.29) is 0 Å². The lowest BCUT2D eigenvalue weighted by Crippen LogP contribution is -2.43. The number of aliphatic hydroxyl groups is 1. The molecule has 0 bridgehead atoms. The maximum absolute atomic E-state index is 12.0. The van der Waals surface area contributed by atoms with Crippen molar-refractivity contribution in [2.45, 2.75) is 26.0 Å². The highest BCUT2D eigenvalue weighted by atomic mass is 35.5. The van der Waals surface area contributed by atoms with Gasteiger partial charge in [-0.05, 0) is 61.7 Å². The lowest BCUT2D eigenvalue weighted by molar-refractivity contribution is -0.136. The van der Waals surface area contributed by atoms with Crippen molar-refractivity contribution in [3.05, 3.63) is 71.5 Å². The highest BCUT2D eigenvalue weighted by Gasteiger charge is 2.23. The molecule has 0 aliphatic carbocycles. The Labute approximate surface area is 216 Å². The summed E-state index contributed by atoms with van der Waals surface area (Å²) in [5, 5.41) is 19.4. The fourth-order valence-corrected chi connectivity index (χ4v) is 4.81. The van der Waals surface area contributed by atoms with Gasteiger partial charge in [-0.3, -0.25) is 4.79 Å². The highest BCUT2D eigenvalue weighted by Crippen LogP contribution is 2.37. The van der Waals surface area contributed by atoms with Crippen LogP contribution in [0.15, 0.2) is 66.4 Å². The van der Waals surface area contributed by atoms with Crippen LogP contribution in [0.25, 0.3) is 21.1 Å². The summed E-state index contributed by atoms with van der Waals surface area (Å²) in [5.41, 5.74) is 0.857. The fourth-order valence-electron chi connectivity index (χ4n) is 3.79. The number of carbonyl (C=O) groups is 1. The molecule has 184 valence electrons. The van der Waals surface area contributed by atoms with Gasteiger partial charge in [0.15, 0.2) is 5.82 Å². The van der Waals surface area contributed by atoms with Crippen LogP contribution >= 0.6 is 22.9 Å². The third-order valence-corrected chi connectivity index (χ3v) is 6.79. The molecule has 0 saturated carbocycles. The van der Waals surface area contributed by atoms with Crippen LogP contribution in [0.4, 0.5) is 11.5 Å². The summed E-state index contributed by atoms with van der Waals surface area (Å²) < 4.78 is 9.21. The Morgan fingerprint density at radius 2 is 2.03 bits per heavy atom. The predicted octanol–water partition coefficient (Wildman–Crippen LogP) is 5.72. The van der Waals surface area contributed by atoms with Crippen LogP contribution in [0.3, 0.4) is 0 Å². The Balaban J connectivity index is 1.34. The normalized spacial score (nSPS) is 11.7. The van der Waals surface area contributed by atoms with Crippen molar-refractivity contribution in [2.75, 3.05) is 11.9 Å². The molecule has 5 aromatic rings. The number of carbonyl (C=O) groups excluding carboxylic acids is 1. The van der Waals surface area contributed by atoms with Crippen LogP contribution in [0.1, 0.15) is 13.8 Å². The number of hydrogen-bond acceptors (Lipinski definition) is 7. The third kappa shape index (κ3) is 4.99. The number of nitrogens with one attached hydrogen (secondary N) is 2. The number of benzene rings is 2. The van der Waals surface area contributed by atoms with Crippen LogP contribution < -0.4 is 15.4 Å². The maximum Gasteiger partial charge on any atom is 0.251 e. The molecule has 8 nitrogen and oxygen atoms in total. The fraction of sp³-hybridized carbons (Fsp3) is 0.192. The molecule has 0 aliphatic rings.